The molecule has 1 aliphatic heterocycles. The van der Waals surface area contributed by atoms with E-state index in [9.17, 15) is 9.59 Å². The summed E-state index contributed by atoms with van der Waals surface area (Å²) >= 11 is 7.45. The Balaban J connectivity index is 1.96. The molecule has 0 spiro atoms. The lowest BCUT2D eigenvalue weighted by atomic mass is 10.2. The first-order valence-corrected chi connectivity index (χ1v) is 11.0. The van der Waals surface area contributed by atoms with Gasteiger partial charge in [0.25, 0.3) is 0 Å². The SMILES string of the molecule is CCCCNC(=O)CSc1nc(Cl)cc(N2CCN(C(=O)NCC)[C@H](C)C2)n1. The van der Waals surface area contributed by atoms with Gasteiger partial charge in [0.2, 0.25) is 5.91 Å². The topological polar surface area (TPSA) is 90.5 Å². The summed E-state index contributed by atoms with van der Waals surface area (Å²) in [7, 11) is 0. The summed E-state index contributed by atoms with van der Waals surface area (Å²) in [6.45, 7) is 9.23. The highest BCUT2D eigenvalue weighted by molar-refractivity contribution is 7.99. The lowest BCUT2D eigenvalue weighted by Gasteiger charge is -2.40. The van der Waals surface area contributed by atoms with Gasteiger partial charge in [0.05, 0.1) is 5.75 Å². The van der Waals surface area contributed by atoms with E-state index in [0.717, 1.165) is 18.7 Å². The van der Waals surface area contributed by atoms with Crippen molar-refractivity contribution >= 4 is 41.1 Å². The standard InChI is InChI=1S/C18H29ClN6O2S/c1-4-6-7-21-16(26)12-28-17-22-14(19)10-15(23-17)24-8-9-25(13(3)11-24)18(27)20-5-2/h10,13H,4-9,11-12H2,1-3H3,(H,20,27)(H,21,26)/t13-/m1/s1. The van der Waals surface area contributed by atoms with Crippen LogP contribution < -0.4 is 15.5 Å². The van der Waals surface area contributed by atoms with E-state index in [1.54, 1.807) is 6.07 Å². The Hall–Kier alpha value is -1.74. The molecule has 156 valence electrons. The van der Waals surface area contributed by atoms with E-state index in [2.05, 4.69) is 32.4 Å². The first-order valence-electron chi connectivity index (χ1n) is 9.68. The molecular weight excluding hydrogens is 400 g/mol. The molecule has 10 heteroatoms. The van der Waals surface area contributed by atoms with Crippen LogP contribution in [0.4, 0.5) is 10.6 Å². The van der Waals surface area contributed by atoms with Crippen molar-refractivity contribution in [2.45, 2.75) is 44.8 Å². The Morgan fingerprint density at radius 2 is 2.07 bits per heavy atom. The molecule has 2 rings (SSSR count). The van der Waals surface area contributed by atoms with Crippen molar-refractivity contribution in [2.24, 2.45) is 0 Å². The maximum absolute atomic E-state index is 12.1. The maximum atomic E-state index is 12.1. The average Bonchev–Trinajstić information content (AvgIpc) is 2.66. The van der Waals surface area contributed by atoms with E-state index in [1.165, 1.54) is 11.8 Å². The Morgan fingerprint density at radius 1 is 1.29 bits per heavy atom. The second kappa shape index (κ2) is 11.3. The molecule has 8 nitrogen and oxygen atoms in total. The molecule has 3 amide bonds. The number of unbranched alkanes of at least 4 members (excludes halogenated alkanes) is 1. The molecule has 0 saturated carbocycles. The summed E-state index contributed by atoms with van der Waals surface area (Å²) in [5, 5.41) is 6.54. The average molecular weight is 429 g/mol. The number of piperazine rings is 1. The quantitative estimate of drug-likeness (QED) is 0.286. The van der Waals surface area contributed by atoms with Crippen LogP contribution in [0.2, 0.25) is 5.15 Å². The number of carbonyl (C=O) groups excluding carboxylic acids is 2. The third-order valence-electron chi connectivity index (χ3n) is 4.39. The summed E-state index contributed by atoms with van der Waals surface area (Å²) in [4.78, 5) is 36.7. The van der Waals surface area contributed by atoms with Gasteiger partial charge in [-0.05, 0) is 20.3 Å². The predicted octanol–water partition coefficient (Wildman–Crippen LogP) is 2.38. The number of hydrogen-bond acceptors (Lipinski definition) is 6. The molecule has 0 aromatic carbocycles. The van der Waals surface area contributed by atoms with Crippen molar-refractivity contribution in [1.82, 2.24) is 25.5 Å². The number of urea groups is 1. The van der Waals surface area contributed by atoms with Crippen molar-refractivity contribution < 1.29 is 9.59 Å². The molecule has 28 heavy (non-hydrogen) atoms. The van der Waals surface area contributed by atoms with Crippen LogP contribution in [0, 0.1) is 0 Å². The fourth-order valence-electron chi connectivity index (χ4n) is 2.92. The molecule has 0 aliphatic carbocycles. The molecule has 1 aromatic rings. The highest BCUT2D eigenvalue weighted by atomic mass is 35.5. The normalized spacial score (nSPS) is 16.8. The van der Waals surface area contributed by atoms with E-state index in [0.29, 0.717) is 43.0 Å². The van der Waals surface area contributed by atoms with Gasteiger partial charge in [-0.1, -0.05) is 36.7 Å². The molecule has 1 atom stereocenters. The van der Waals surface area contributed by atoms with Crippen molar-refractivity contribution in [3.63, 3.8) is 0 Å². The number of anilines is 1. The number of nitrogens with one attached hydrogen (secondary N) is 2. The zero-order valence-corrected chi connectivity index (χ0v) is 18.3. The molecule has 2 heterocycles. The third-order valence-corrected chi connectivity index (χ3v) is 5.43. The van der Waals surface area contributed by atoms with Crippen LogP contribution in [0.3, 0.4) is 0 Å². The first-order chi connectivity index (χ1) is 13.4. The summed E-state index contributed by atoms with van der Waals surface area (Å²) in [6, 6.07) is 1.73. The molecule has 1 aromatic heterocycles. The van der Waals surface area contributed by atoms with Gasteiger partial charge < -0.3 is 20.4 Å². The summed E-state index contributed by atoms with van der Waals surface area (Å²) < 4.78 is 0. The number of halogens is 1. The van der Waals surface area contributed by atoms with Crippen LogP contribution in [0.1, 0.15) is 33.6 Å². The first kappa shape index (κ1) is 22.5. The predicted molar refractivity (Wildman–Crippen MR) is 113 cm³/mol. The van der Waals surface area contributed by atoms with Gasteiger partial charge in [-0.2, -0.15) is 0 Å². The number of amides is 3. The second-order valence-electron chi connectivity index (χ2n) is 6.65. The van der Waals surface area contributed by atoms with Gasteiger partial charge in [-0.3, -0.25) is 4.79 Å². The highest BCUT2D eigenvalue weighted by Crippen LogP contribution is 2.24. The Bertz CT molecular complexity index is 677. The van der Waals surface area contributed by atoms with Crippen LogP contribution in [0.25, 0.3) is 0 Å². The Morgan fingerprint density at radius 3 is 2.75 bits per heavy atom. The lowest BCUT2D eigenvalue weighted by Crippen LogP contribution is -2.56. The minimum Gasteiger partial charge on any atom is -0.355 e. The third kappa shape index (κ3) is 6.70. The van der Waals surface area contributed by atoms with E-state index in [4.69, 9.17) is 11.6 Å². The summed E-state index contributed by atoms with van der Waals surface area (Å²) in [6.07, 6.45) is 2.01. The monoisotopic (exact) mass is 428 g/mol. The Labute approximate surface area is 175 Å². The molecular formula is C18H29ClN6O2S. The summed E-state index contributed by atoms with van der Waals surface area (Å²) in [5.74, 6) is 0.939. The maximum Gasteiger partial charge on any atom is 0.317 e. The highest BCUT2D eigenvalue weighted by Gasteiger charge is 2.28. The number of aromatic nitrogens is 2. The summed E-state index contributed by atoms with van der Waals surface area (Å²) in [5.41, 5.74) is 0. The van der Waals surface area contributed by atoms with Gasteiger partial charge in [0, 0.05) is 44.8 Å². The molecule has 0 bridgehead atoms. The number of carbonyl (C=O) groups is 2. The van der Waals surface area contributed by atoms with Crippen LogP contribution >= 0.6 is 23.4 Å². The second-order valence-corrected chi connectivity index (χ2v) is 7.98. The Kier molecular flexibility index (Phi) is 9.11. The van der Waals surface area contributed by atoms with Gasteiger partial charge in [0.15, 0.2) is 5.16 Å². The molecule has 0 unspecified atom stereocenters. The largest absolute Gasteiger partial charge is 0.355 e. The minimum absolute atomic E-state index is 0.0345. The lowest BCUT2D eigenvalue weighted by molar-refractivity contribution is -0.118. The van der Waals surface area contributed by atoms with E-state index >= 15 is 0 Å². The van der Waals surface area contributed by atoms with Crippen LogP contribution in [-0.4, -0.2) is 71.3 Å². The van der Waals surface area contributed by atoms with Crippen LogP contribution in [0.15, 0.2) is 11.2 Å². The molecule has 1 fully saturated rings. The van der Waals surface area contributed by atoms with Crippen molar-refractivity contribution in [2.75, 3.05) is 43.4 Å². The van der Waals surface area contributed by atoms with Crippen molar-refractivity contribution in [1.29, 1.82) is 0 Å². The fourth-order valence-corrected chi connectivity index (χ4v) is 3.83. The van der Waals surface area contributed by atoms with Crippen LogP contribution in [-0.2, 0) is 4.79 Å². The number of nitrogens with zero attached hydrogens (tertiary/aromatic N) is 4. The van der Waals surface area contributed by atoms with Crippen molar-refractivity contribution in [3.8, 4) is 0 Å². The zero-order chi connectivity index (χ0) is 20.5. The number of hydrogen-bond donors (Lipinski definition) is 2. The molecule has 1 saturated heterocycles. The van der Waals surface area contributed by atoms with Gasteiger partial charge in [0.1, 0.15) is 11.0 Å². The zero-order valence-electron chi connectivity index (χ0n) is 16.7. The number of rotatable bonds is 8. The van der Waals surface area contributed by atoms with Crippen LogP contribution in [0.5, 0.6) is 0 Å². The van der Waals surface area contributed by atoms with E-state index in [-0.39, 0.29) is 23.7 Å². The minimum atomic E-state index is -0.0410. The molecule has 1 aliphatic rings. The van der Waals surface area contributed by atoms with E-state index in [1.807, 2.05) is 18.7 Å². The fraction of sp³-hybridized carbons (Fsp3) is 0.667. The van der Waals surface area contributed by atoms with Gasteiger partial charge >= 0.3 is 6.03 Å². The smallest absolute Gasteiger partial charge is 0.317 e. The molecule has 0 radical (unpaired) electrons. The van der Waals surface area contributed by atoms with Crippen molar-refractivity contribution in [3.05, 3.63) is 11.2 Å². The van der Waals surface area contributed by atoms with E-state index < -0.39 is 0 Å². The van der Waals surface area contributed by atoms with Gasteiger partial charge in [-0.15, -0.1) is 0 Å². The number of thioether (sulfide) groups is 1. The van der Waals surface area contributed by atoms with Gasteiger partial charge in [-0.25, -0.2) is 14.8 Å². The molecule has 2 N–H and O–H groups in total.